The van der Waals surface area contributed by atoms with Gasteiger partial charge in [0.2, 0.25) is 0 Å². The van der Waals surface area contributed by atoms with E-state index >= 15 is 0 Å². The summed E-state index contributed by atoms with van der Waals surface area (Å²) in [6, 6.07) is 10.3. The molecular weight excluding hydrogens is 300 g/mol. The molecule has 0 spiro atoms. The lowest BCUT2D eigenvalue weighted by Crippen LogP contribution is -2.05. The topological polar surface area (TPSA) is 58.1 Å². The summed E-state index contributed by atoms with van der Waals surface area (Å²) in [4.78, 5) is 7.11. The third-order valence-electron chi connectivity index (χ3n) is 4.28. The van der Waals surface area contributed by atoms with Crippen molar-refractivity contribution >= 4 is 0 Å². The molecule has 1 aromatic heterocycles. The quantitative estimate of drug-likeness (QED) is 0.735. The van der Waals surface area contributed by atoms with E-state index in [9.17, 15) is 5.11 Å². The first kappa shape index (κ1) is 16.1. The first-order valence-corrected chi connectivity index (χ1v) is 8.07. The molecule has 0 atom stereocenters. The van der Waals surface area contributed by atoms with Gasteiger partial charge < -0.3 is 14.8 Å². The fourth-order valence-electron chi connectivity index (χ4n) is 2.94. The second-order valence-electron chi connectivity index (χ2n) is 6.05. The standard InChI is InChI=1S/C20H22N2O2/c1-13-6-4-5-7-16(13)8-9-24-20-15(3)10-14(2)19(23)18(20)17-11-21-12-22-17/h4-7,10-12,23H,8-9H2,1-3H3,(H,21,22). The lowest BCUT2D eigenvalue weighted by Gasteiger charge is -2.17. The monoisotopic (exact) mass is 322 g/mol. The normalized spacial score (nSPS) is 10.8. The van der Waals surface area contributed by atoms with Crippen molar-refractivity contribution in [3.8, 4) is 22.8 Å². The predicted octanol–water partition coefficient (Wildman–Crippen LogP) is 4.33. The average Bonchev–Trinajstić information content (AvgIpc) is 3.08. The Kier molecular flexibility index (Phi) is 4.56. The van der Waals surface area contributed by atoms with Crippen LogP contribution in [0.5, 0.6) is 11.5 Å². The van der Waals surface area contributed by atoms with Gasteiger partial charge >= 0.3 is 0 Å². The lowest BCUT2D eigenvalue weighted by atomic mass is 10.0. The number of aromatic amines is 1. The summed E-state index contributed by atoms with van der Waals surface area (Å²) in [5.41, 5.74) is 5.79. The highest BCUT2D eigenvalue weighted by atomic mass is 16.5. The van der Waals surface area contributed by atoms with Crippen molar-refractivity contribution < 1.29 is 9.84 Å². The molecule has 24 heavy (non-hydrogen) atoms. The summed E-state index contributed by atoms with van der Waals surface area (Å²) < 4.78 is 6.08. The van der Waals surface area contributed by atoms with Crippen LogP contribution in [0.2, 0.25) is 0 Å². The maximum absolute atomic E-state index is 10.5. The van der Waals surface area contributed by atoms with Crippen LogP contribution in [0, 0.1) is 20.8 Å². The van der Waals surface area contributed by atoms with Gasteiger partial charge in [0, 0.05) is 6.42 Å². The van der Waals surface area contributed by atoms with Crippen molar-refractivity contribution in [3.05, 3.63) is 65.1 Å². The molecule has 2 N–H and O–H groups in total. The summed E-state index contributed by atoms with van der Waals surface area (Å²) in [5, 5.41) is 10.5. The van der Waals surface area contributed by atoms with E-state index in [-0.39, 0.29) is 5.75 Å². The number of ether oxygens (including phenoxy) is 1. The number of aromatic nitrogens is 2. The molecule has 0 amide bonds. The largest absolute Gasteiger partial charge is 0.507 e. The molecule has 3 rings (SSSR count). The van der Waals surface area contributed by atoms with Crippen molar-refractivity contribution in [2.75, 3.05) is 6.61 Å². The van der Waals surface area contributed by atoms with E-state index in [0.717, 1.165) is 23.2 Å². The predicted molar refractivity (Wildman–Crippen MR) is 95.5 cm³/mol. The molecule has 0 saturated heterocycles. The number of phenols is 1. The molecule has 1 heterocycles. The summed E-state index contributed by atoms with van der Waals surface area (Å²) in [6.07, 6.45) is 4.12. The first-order chi connectivity index (χ1) is 11.6. The van der Waals surface area contributed by atoms with Crippen LogP contribution in [0.1, 0.15) is 22.3 Å². The maximum Gasteiger partial charge on any atom is 0.135 e. The number of imidazole rings is 1. The molecule has 4 heteroatoms. The Morgan fingerprint density at radius 1 is 1.08 bits per heavy atom. The number of H-pyrrole nitrogens is 1. The number of phenolic OH excluding ortho intramolecular Hbond substituents is 1. The van der Waals surface area contributed by atoms with Gasteiger partial charge in [0.25, 0.3) is 0 Å². The number of nitrogens with one attached hydrogen (secondary N) is 1. The molecular formula is C20H22N2O2. The molecule has 124 valence electrons. The minimum absolute atomic E-state index is 0.232. The van der Waals surface area contributed by atoms with Crippen molar-refractivity contribution in [3.63, 3.8) is 0 Å². The van der Waals surface area contributed by atoms with Gasteiger partial charge in [0.05, 0.1) is 30.4 Å². The zero-order chi connectivity index (χ0) is 17.1. The van der Waals surface area contributed by atoms with Gasteiger partial charge in [-0.1, -0.05) is 24.3 Å². The van der Waals surface area contributed by atoms with Crippen LogP contribution in [0.3, 0.4) is 0 Å². The molecule has 0 aliphatic rings. The van der Waals surface area contributed by atoms with Crippen LogP contribution in [0.25, 0.3) is 11.3 Å². The summed E-state index contributed by atoms with van der Waals surface area (Å²) in [6.45, 7) is 6.54. The SMILES string of the molecule is Cc1ccccc1CCOc1c(C)cc(C)c(O)c1-c1cnc[nH]1. The van der Waals surface area contributed by atoms with Gasteiger partial charge in [-0.15, -0.1) is 0 Å². The highest BCUT2D eigenvalue weighted by Gasteiger charge is 2.18. The molecule has 0 fully saturated rings. The van der Waals surface area contributed by atoms with Gasteiger partial charge in [-0.25, -0.2) is 4.98 Å². The first-order valence-electron chi connectivity index (χ1n) is 8.07. The van der Waals surface area contributed by atoms with E-state index in [1.54, 1.807) is 12.5 Å². The highest BCUT2D eigenvalue weighted by molar-refractivity contribution is 5.77. The Hall–Kier alpha value is -2.75. The smallest absolute Gasteiger partial charge is 0.135 e. The highest BCUT2D eigenvalue weighted by Crippen LogP contribution is 2.41. The Labute approximate surface area is 142 Å². The van der Waals surface area contributed by atoms with Gasteiger partial charge in [-0.3, -0.25) is 0 Å². The molecule has 4 nitrogen and oxygen atoms in total. The van der Waals surface area contributed by atoms with Gasteiger partial charge in [0.15, 0.2) is 0 Å². The molecule has 2 aromatic carbocycles. The zero-order valence-corrected chi connectivity index (χ0v) is 14.3. The van der Waals surface area contributed by atoms with E-state index in [0.29, 0.717) is 17.9 Å². The minimum Gasteiger partial charge on any atom is -0.507 e. The summed E-state index contributed by atoms with van der Waals surface area (Å²) in [7, 11) is 0. The van der Waals surface area contributed by atoms with Crippen molar-refractivity contribution in [1.29, 1.82) is 0 Å². The molecule has 0 aliphatic heterocycles. The lowest BCUT2D eigenvalue weighted by molar-refractivity contribution is 0.319. The molecule has 0 bridgehead atoms. The van der Waals surface area contributed by atoms with Crippen LogP contribution in [0.15, 0.2) is 42.9 Å². The van der Waals surface area contributed by atoms with E-state index in [4.69, 9.17) is 4.74 Å². The van der Waals surface area contributed by atoms with Crippen molar-refractivity contribution in [1.82, 2.24) is 9.97 Å². The fourth-order valence-corrected chi connectivity index (χ4v) is 2.94. The van der Waals surface area contributed by atoms with E-state index in [1.165, 1.54) is 11.1 Å². The second-order valence-corrected chi connectivity index (χ2v) is 6.05. The number of aryl methyl sites for hydroxylation is 3. The second kappa shape index (κ2) is 6.79. The molecule has 0 aliphatic carbocycles. The number of benzene rings is 2. The van der Waals surface area contributed by atoms with Gasteiger partial charge in [0.1, 0.15) is 11.5 Å². The third-order valence-corrected chi connectivity index (χ3v) is 4.28. The van der Waals surface area contributed by atoms with E-state index in [1.807, 2.05) is 32.0 Å². The summed E-state index contributed by atoms with van der Waals surface area (Å²) in [5.74, 6) is 0.937. The Morgan fingerprint density at radius 2 is 1.88 bits per heavy atom. The minimum atomic E-state index is 0.232. The average molecular weight is 322 g/mol. The van der Waals surface area contributed by atoms with E-state index < -0.39 is 0 Å². The van der Waals surface area contributed by atoms with Crippen LogP contribution in [-0.2, 0) is 6.42 Å². The van der Waals surface area contributed by atoms with Crippen molar-refractivity contribution in [2.45, 2.75) is 27.2 Å². The van der Waals surface area contributed by atoms with Crippen LogP contribution in [-0.4, -0.2) is 21.7 Å². The fraction of sp³-hybridized carbons (Fsp3) is 0.250. The Morgan fingerprint density at radius 3 is 2.58 bits per heavy atom. The Balaban J connectivity index is 1.88. The van der Waals surface area contributed by atoms with Crippen molar-refractivity contribution in [2.24, 2.45) is 0 Å². The van der Waals surface area contributed by atoms with Gasteiger partial charge in [-0.2, -0.15) is 0 Å². The Bertz CT molecular complexity index is 839. The number of rotatable bonds is 5. The molecule has 0 saturated carbocycles. The van der Waals surface area contributed by atoms with Crippen LogP contribution in [0.4, 0.5) is 0 Å². The number of aromatic hydroxyl groups is 1. The van der Waals surface area contributed by atoms with Crippen LogP contribution < -0.4 is 4.74 Å². The number of hydrogen-bond acceptors (Lipinski definition) is 3. The van der Waals surface area contributed by atoms with Gasteiger partial charge in [-0.05, 0) is 49.1 Å². The van der Waals surface area contributed by atoms with E-state index in [2.05, 4.69) is 29.0 Å². The number of hydrogen-bond donors (Lipinski definition) is 2. The maximum atomic E-state index is 10.5. The molecule has 0 unspecified atom stereocenters. The molecule has 3 aromatic rings. The summed E-state index contributed by atoms with van der Waals surface area (Å²) >= 11 is 0. The zero-order valence-electron chi connectivity index (χ0n) is 14.3. The molecule has 0 radical (unpaired) electrons. The van der Waals surface area contributed by atoms with Crippen LogP contribution >= 0.6 is 0 Å². The number of nitrogens with zero attached hydrogens (tertiary/aromatic N) is 1. The third kappa shape index (κ3) is 3.13.